The van der Waals surface area contributed by atoms with E-state index in [4.69, 9.17) is 0 Å². The Balaban J connectivity index is 2.30. The van der Waals surface area contributed by atoms with E-state index in [-0.39, 0.29) is 5.69 Å². The molecule has 1 aromatic carbocycles. The van der Waals surface area contributed by atoms with Gasteiger partial charge in [-0.2, -0.15) is 0 Å². The van der Waals surface area contributed by atoms with Crippen LogP contribution in [0.15, 0.2) is 30.5 Å². The zero-order valence-corrected chi connectivity index (χ0v) is 9.32. The zero-order valence-electron chi connectivity index (χ0n) is 9.32. The first-order valence-electron chi connectivity index (χ1n) is 5.09. The van der Waals surface area contributed by atoms with Crippen LogP contribution in [-0.2, 0) is 0 Å². The number of rotatable bonds is 2. The van der Waals surface area contributed by atoms with Crippen LogP contribution in [0.4, 0.5) is 18.9 Å². The summed E-state index contributed by atoms with van der Waals surface area (Å²) < 4.78 is 39.0. The lowest BCUT2D eigenvalue weighted by Gasteiger charge is -2.07. The van der Waals surface area contributed by atoms with Crippen LogP contribution in [0.3, 0.4) is 0 Å². The monoisotopic (exact) mass is 268 g/mol. The number of hydrogen-bond acceptors (Lipinski definition) is 3. The van der Waals surface area contributed by atoms with E-state index in [9.17, 15) is 23.1 Å². The van der Waals surface area contributed by atoms with Crippen molar-refractivity contribution in [3.8, 4) is 5.75 Å². The summed E-state index contributed by atoms with van der Waals surface area (Å²) in [6.45, 7) is 0. The highest BCUT2D eigenvalue weighted by atomic mass is 19.2. The van der Waals surface area contributed by atoms with Gasteiger partial charge in [-0.05, 0) is 24.3 Å². The molecule has 0 aliphatic rings. The van der Waals surface area contributed by atoms with Gasteiger partial charge in [0.1, 0.15) is 5.75 Å². The van der Waals surface area contributed by atoms with Crippen LogP contribution in [-0.4, -0.2) is 16.0 Å². The molecular formula is C12H7F3N2O2. The first-order chi connectivity index (χ1) is 9.00. The number of pyridine rings is 1. The third-order valence-corrected chi connectivity index (χ3v) is 2.28. The van der Waals surface area contributed by atoms with E-state index in [0.29, 0.717) is 6.07 Å². The zero-order chi connectivity index (χ0) is 14.0. The Kier molecular flexibility index (Phi) is 3.37. The molecule has 0 spiro atoms. The van der Waals surface area contributed by atoms with Crippen LogP contribution in [0.2, 0.25) is 0 Å². The van der Waals surface area contributed by atoms with E-state index in [1.165, 1.54) is 18.3 Å². The Bertz CT molecular complexity index is 647. The van der Waals surface area contributed by atoms with Crippen LogP contribution >= 0.6 is 0 Å². The SMILES string of the molecule is O=C(Nc1ccc(F)c(F)c1F)c1ncccc1O. The second kappa shape index (κ2) is 4.97. The maximum absolute atomic E-state index is 13.3. The number of halogens is 3. The molecule has 19 heavy (non-hydrogen) atoms. The van der Waals surface area contributed by atoms with Gasteiger partial charge in [-0.15, -0.1) is 0 Å². The molecule has 1 heterocycles. The number of aromatic nitrogens is 1. The van der Waals surface area contributed by atoms with Crippen LogP contribution < -0.4 is 5.32 Å². The Hall–Kier alpha value is -2.57. The van der Waals surface area contributed by atoms with Gasteiger partial charge in [-0.3, -0.25) is 4.79 Å². The molecule has 0 bridgehead atoms. The maximum Gasteiger partial charge on any atom is 0.278 e. The fourth-order valence-electron chi connectivity index (χ4n) is 1.38. The molecule has 0 atom stereocenters. The number of benzene rings is 1. The number of carbonyl (C=O) groups excluding carboxylic acids is 1. The lowest BCUT2D eigenvalue weighted by atomic mass is 10.2. The number of amides is 1. The molecule has 1 aromatic heterocycles. The van der Waals surface area contributed by atoms with E-state index in [2.05, 4.69) is 4.98 Å². The van der Waals surface area contributed by atoms with Crippen LogP contribution in [0.1, 0.15) is 10.5 Å². The first-order valence-corrected chi connectivity index (χ1v) is 5.09. The minimum Gasteiger partial charge on any atom is -0.505 e. The average molecular weight is 268 g/mol. The third-order valence-electron chi connectivity index (χ3n) is 2.28. The summed E-state index contributed by atoms with van der Waals surface area (Å²) in [5.41, 5.74) is -0.902. The van der Waals surface area contributed by atoms with E-state index in [1.807, 2.05) is 5.32 Å². The van der Waals surface area contributed by atoms with E-state index in [0.717, 1.165) is 6.07 Å². The van der Waals surface area contributed by atoms with Gasteiger partial charge in [0.2, 0.25) is 0 Å². The molecule has 4 nitrogen and oxygen atoms in total. The highest BCUT2D eigenvalue weighted by Crippen LogP contribution is 2.21. The van der Waals surface area contributed by atoms with Gasteiger partial charge >= 0.3 is 0 Å². The van der Waals surface area contributed by atoms with Crippen molar-refractivity contribution < 1.29 is 23.1 Å². The Morgan fingerprint density at radius 2 is 1.89 bits per heavy atom. The molecule has 1 amide bonds. The van der Waals surface area contributed by atoms with E-state index in [1.54, 1.807) is 0 Å². The minimum absolute atomic E-state index is 0.355. The Morgan fingerprint density at radius 3 is 2.58 bits per heavy atom. The molecule has 2 rings (SSSR count). The fourth-order valence-corrected chi connectivity index (χ4v) is 1.38. The largest absolute Gasteiger partial charge is 0.505 e. The quantitative estimate of drug-likeness (QED) is 0.822. The number of carbonyl (C=O) groups is 1. The summed E-state index contributed by atoms with van der Waals surface area (Å²) in [5.74, 6) is -5.94. The van der Waals surface area contributed by atoms with Gasteiger partial charge in [0.15, 0.2) is 23.1 Å². The van der Waals surface area contributed by atoms with Gasteiger partial charge < -0.3 is 10.4 Å². The molecule has 2 aromatic rings. The third kappa shape index (κ3) is 2.49. The highest BCUT2D eigenvalue weighted by molar-refractivity contribution is 6.04. The predicted molar refractivity (Wildman–Crippen MR) is 60.2 cm³/mol. The lowest BCUT2D eigenvalue weighted by Crippen LogP contribution is -2.15. The molecule has 0 aliphatic heterocycles. The molecule has 0 saturated carbocycles. The van der Waals surface area contributed by atoms with Gasteiger partial charge in [-0.1, -0.05) is 0 Å². The van der Waals surface area contributed by atoms with Crippen LogP contribution in [0.25, 0.3) is 0 Å². The predicted octanol–water partition coefficient (Wildman–Crippen LogP) is 2.46. The summed E-state index contributed by atoms with van der Waals surface area (Å²) in [5, 5.41) is 11.4. The average Bonchev–Trinajstić information content (AvgIpc) is 2.40. The van der Waals surface area contributed by atoms with E-state index >= 15 is 0 Å². The number of nitrogens with zero attached hydrogens (tertiary/aromatic N) is 1. The molecular weight excluding hydrogens is 261 g/mol. The molecule has 2 N–H and O–H groups in total. The molecule has 98 valence electrons. The van der Waals surface area contributed by atoms with Gasteiger partial charge in [-0.25, -0.2) is 18.2 Å². The molecule has 0 radical (unpaired) electrons. The highest BCUT2D eigenvalue weighted by Gasteiger charge is 2.18. The lowest BCUT2D eigenvalue weighted by molar-refractivity contribution is 0.101. The standard InChI is InChI=1S/C12H7F3N2O2/c13-6-3-4-7(10(15)9(6)14)17-12(19)11-8(18)2-1-5-16-11/h1-5,18H,(H,17,19). The molecule has 7 heteroatoms. The number of nitrogens with one attached hydrogen (secondary N) is 1. The topological polar surface area (TPSA) is 62.2 Å². The van der Waals surface area contributed by atoms with Crippen molar-refractivity contribution in [2.24, 2.45) is 0 Å². The normalized spacial score (nSPS) is 10.3. The molecule has 0 saturated heterocycles. The summed E-state index contributed by atoms with van der Waals surface area (Å²) >= 11 is 0. The van der Waals surface area contributed by atoms with Gasteiger partial charge in [0, 0.05) is 6.20 Å². The Labute approximate surface area is 105 Å². The smallest absolute Gasteiger partial charge is 0.278 e. The number of aromatic hydroxyl groups is 1. The molecule has 0 unspecified atom stereocenters. The van der Waals surface area contributed by atoms with Crippen molar-refractivity contribution in [2.75, 3.05) is 5.32 Å². The Morgan fingerprint density at radius 1 is 1.16 bits per heavy atom. The van der Waals surface area contributed by atoms with Gasteiger partial charge in [0.25, 0.3) is 5.91 Å². The number of anilines is 1. The maximum atomic E-state index is 13.3. The summed E-state index contributed by atoms with van der Waals surface area (Å²) in [4.78, 5) is 15.3. The molecule has 0 fully saturated rings. The van der Waals surface area contributed by atoms with Crippen LogP contribution in [0, 0.1) is 17.5 Å². The first kappa shape index (κ1) is 12.9. The second-order valence-corrected chi connectivity index (χ2v) is 3.55. The van der Waals surface area contributed by atoms with Crippen molar-refractivity contribution >= 4 is 11.6 Å². The second-order valence-electron chi connectivity index (χ2n) is 3.55. The van der Waals surface area contributed by atoms with Crippen molar-refractivity contribution in [1.29, 1.82) is 0 Å². The van der Waals surface area contributed by atoms with Crippen molar-refractivity contribution in [3.05, 3.63) is 53.6 Å². The summed E-state index contributed by atoms with van der Waals surface area (Å²) in [6, 6.07) is 4.14. The van der Waals surface area contributed by atoms with Gasteiger partial charge in [0.05, 0.1) is 5.69 Å². The van der Waals surface area contributed by atoms with E-state index < -0.39 is 34.8 Å². The van der Waals surface area contributed by atoms with Crippen molar-refractivity contribution in [2.45, 2.75) is 0 Å². The minimum atomic E-state index is -1.69. The fraction of sp³-hybridized carbons (Fsp3) is 0. The van der Waals surface area contributed by atoms with Crippen molar-refractivity contribution in [3.63, 3.8) is 0 Å². The summed E-state index contributed by atoms with van der Waals surface area (Å²) in [6.07, 6.45) is 1.25. The van der Waals surface area contributed by atoms with Crippen molar-refractivity contribution in [1.82, 2.24) is 4.98 Å². The summed E-state index contributed by atoms with van der Waals surface area (Å²) in [7, 11) is 0. The van der Waals surface area contributed by atoms with Crippen LogP contribution in [0.5, 0.6) is 5.75 Å². The molecule has 0 aliphatic carbocycles. The number of hydrogen-bond donors (Lipinski definition) is 2.